The summed E-state index contributed by atoms with van der Waals surface area (Å²) in [5.74, 6) is 5.29. The van der Waals surface area contributed by atoms with Gasteiger partial charge in [0.25, 0.3) is 0 Å². The van der Waals surface area contributed by atoms with E-state index < -0.39 is 18.5 Å². The summed E-state index contributed by atoms with van der Waals surface area (Å²) in [4.78, 5) is 2.99. The van der Waals surface area contributed by atoms with Crippen LogP contribution < -0.4 is 10.6 Å². The number of thioether (sulfide) groups is 1. The van der Waals surface area contributed by atoms with Crippen molar-refractivity contribution in [1.29, 1.82) is 0 Å². The molecule has 3 aromatic rings. The summed E-state index contributed by atoms with van der Waals surface area (Å²) >= 11 is 1.43. The fraction of sp³-hybridized carbons (Fsp3) is 0.407. The highest BCUT2D eigenvalue weighted by atomic mass is 32.2. The number of halogens is 4. The first-order chi connectivity index (χ1) is 17.8. The molecule has 1 saturated heterocycles. The largest absolute Gasteiger partial charge is 0.406 e. The molecule has 2 heterocycles. The number of likely N-dealkylation sites (tertiary alicyclic amines) is 1. The molecule has 1 aromatic heterocycles. The van der Waals surface area contributed by atoms with Crippen LogP contribution in [0.25, 0.3) is 10.9 Å². The van der Waals surface area contributed by atoms with Gasteiger partial charge in [0.15, 0.2) is 0 Å². The lowest BCUT2D eigenvalue weighted by atomic mass is 10.0. The number of β-amino-alcohol motifs (C(OH)–C–C–N with tert-alkyl or cyclic N) is 1. The summed E-state index contributed by atoms with van der Waals surface area (Å²) in [6.45, 7) is 1.42. The van der Waals surface area contributed by atoms with Gasteiger partial charge in [-0.2, -0.15) is 13.2 Å². The number of benzene rings is 2. The smallest absolute Gasteiger partial charge is 0.395 e. The van der Waals surface area contributed by atoms with Gasteiger partial charge in [-0.05, 0) is 61.4 Å². The van der Waals surface area contributed by atoms with Gasteiger partial charge in [-0.1, -0.05) is 12.0 Å². The van der Waals surface area contributed by atoms with Gasteiger partial charge >= 0.3 is 6.18 Å². The molecule has 1 aliphatic rings. The second kappa shape index (κ2) is 12.1. The van der Waals surface area contributed by atoms with Gasteiger partial charge in [0.2, 0.25) is 0 Å². The number of aliphatic hydroxyl groups is 1. The minimum atomic E-state index is -4.41. The van der Waals surface area contributed by atoms with Crippen LogP contribution in [0.2, 0.25) is 0 Å². The normalized spacial score (nSPS) is 15.0. The fourth-order valence-electron chi connectivity index (χ4n) is 4.57. The maximum atomic E-state index is 14.2. The number of rotatable bonds is 8. The summed E-state index contributed by atoms with van der Waals surface area (Å²) in [6.07, 6.45) is -0.791. The van der Waals surface area contributed by atoms with Crippen LogP contribution in [-0.4, -0.2) is 65.8 Å². The third-order valence-corrected chi connectivity index (χ3v) is 7.13. The maximum Gasteiger partial charge on any atom is 0.406 e. The zero-order chi connectivity index (χ0) is 26.4. The molecule has 0 amide bonds. The number of hydrogen-bond donors (Lipinski definition) is 3. The number of fused-ring (bicyclic) bond motifs is 1. The molecular weight excluding hydrogens is 504 g/mol. The van der Waals surface area contributed by atoms with Gasteiger partial charge in [0, 0.05) is 41.6 Å². The molecule has 0 atom stereocenters. The molecule has 0 bridgehead atoms. The molecular formula is C27H30F4N4OS. The maximum absolute atomic E-state index is 14.2. The van der Waals surface area contributed by atoms with E-state index in [9.17, 15) is 17.6 Å². The molecule has 1 aliphatic heterocycles. The Morgan fingerprint density at radius 1 is 1.11 bits per heavy atom. The van der Waals surface area contributed by atoms with E-state index >= 15 is 0 Å². The van der Waals surface area contributed by atoms with E-state index in [-0.39, 0.29) is 24.9 Å². The van der Waals surface area contributed by atoms with Crippen molar-refractivity contribution < 1.29 is 22.7 Å². The van der Waals surface area contributed by atoms with Crippen molar-refractivity contribution in [2.75, 3.05) is 49.7 Å². The lowest BCUT2D eigenvalue weighted by molar-refractivity contribution is -0.140. The highest BCUT2D eigenvalue weighted by molar-refractivity contribution is 7.98. The van der Waals surface area contributed by atoms with Crippen molar-refractivity contribution in [3.05, 3.63) is 54.0 Å². The molecule has 37 heavy (non-hydrogen) atoms. The second-order valence-electron chi connectivity index (χ2n) is 8.95. The van der Waals surface area contributed by atoms with Crippen molar-refractivity contribution >= 4 is 34.0 Å². The zero-order valence-electron chi connectivity index (χ0n) is 20.5. The Bertz CT molecular complexity index is 1270. The molecule has 0 spiro atoms. The quantitative estimate of drug-likeness (QED) is 0.205. The Kier molecular flexibility index (Phi) is 8.90. The van der Waals surface area contributed by atoms with Gasteiger partial charge in [-0.25, -0.2) is 4.39 Å². The summed E-state index contributed by atoms with van der Waals surface area (Å²) in [6, 6.07) is 12.0. The van der Waals surface area contributed by atoms with Crippen LogP contribution in [-0.2, 0) is 6.54 Å². The van der Waals surface area contributed by atoms with E-state index in [1.165, 1.54) is 22.4 Å². The molecule has 0 aliphatic carbocycles. The van der Waals surface area contributed by atoms with E-state index in [0.717, 1.165) is 36.5 Å². The average Bonchev–Trinajstić information content (AvgIpc) is 3.20. The van der Waals surface area contributed by atoms with E-state index in [1.807, 2.05) is 12.3 Å². The fourth-order valence-corrected chi connectivity index (χ4v) is 4.99. The number of anilines is 2. The number of aromatic nitrogens is 1. The Labute approximate surface area is 218 Å². The number of nitrogens with one attached hydrogen (secondary N) is 2. The molecule has 198 valence electrons. The number of nitrogens with zero attached hydrogens (tertiary/aromatic N) is 2. The van der Waals surface area contributed by atoms with Gasteiger partial charge in [-0.15, -0.1) is 11.8 Å². The van der Waals surface area contributed by atoms with Crippen LogP contribution in [0.15, 0.2) is 47.4 Å². The first-order valence-corrected chi connectivity index (χ1v) is 13.3. The lowest BCUT2D eigenvalue weighted by Gasteiger charge is -2.32. The summed E-state index contributed by atoms with van der Waals surface area (Å²) in [5.41, 5.74) is 1.77. The summed E-state index contributed by atoms with van der Waals surface area (Å²) in [7, 11) is 0. The van der Waals surface area contributed by atoms with E-state index in [0.29, 0.717) is 23.1 Å². The molecule has 0 radical (unpaired) electrons. The van der Waals surface area contributed by atoms with Gasteiger partial charge in [0.1, 0.15) is 12.4 Å². The van der Waals surface area contributed by atoms with Gasteiger partial charge in [0.05, 0.1) is 30.0 Å². The zero-order valence-corrected chi connectivity index (χ0v) is 21.4. The number of piperidine rings is 1. The minimum Gasteiger partial charge on any atom is -0.395 e. The molecule has 4 rings (SSSR count). The Morgan fingerprint density at radius 3 is 2.57 bits per heavy atom. The molecule has 5 nitrogen and oxygen atoms in total. The third-order valence-electron chi connectivity index (χ3n) is 6.41. The average molecular weight is 535 g/mol. The molecule has 1 fully saturated rings. The molecule has 2 aromatic carbocycles. The van der Waals surface area contributed by atoms with Crippen LogP contribution in [0.5, 0.6) is 0 Å². The minimum absolute atomic E-state index is 0.0839. The van der Waals surface area contributed by atoms with E-state index in [2.05, 4.69) is 27.4 Å². The van der Waals surface area contributed by atoms with Crippen LogP contribution in [0, 0.1) is 17.7 Å². The third kappa shape index (κ3) is 7.12. The van der Waals surface area contributed by atoms with E-state index in [1.54, 1.807) is 30.3 Å². The van der Waals surface area contributed by atoms with Crippen molar-refractivity contribution in [2.24, 2.45) is 0 Å². The van der Waals surface area contributed by atoms with Gasteiger partial charge in [-0.3, -0.25) is 0 Å². The topological polar surface area (TPSA) is 52.5 Å². The highest BCUT2D eigenvalue weighted by Crippen LogP contribution is 2.31. The SMILES string of the molecule is CSc1ccc(NCC#Cc2cc3c(NC4CCN(CCO)CC4)cccc3n2CC(F)(F)F)c(F)c1. The lowest BCUT2D eigenvalue weighted by Crippen LogP contribution is -2.40. The van der Waals surface area contributed by atoms with Crippen LogP contribution in [0.1, 0.15) is 18.5 Å². The first-order valence-electron chi connectivity index (χ1n) is 12.1. The van der Waals surface area contributed by atoms with Crippen molar-refractivity contribution in [2.45, 2.75) is 36.5 Å². The van der Waals surface area contributed by atoms with Crippen molar-refractivity contribution in [1.82, 2.24) is 9.47 Å². The Morgan fingerprint density at radius 2 is 1.89 bits per heavy atom. The second-order valence-corrected chi connectivity index (χ2v) is 9.83. The summed E-state index contributed by atoms with van der Waals surface area (Å²) in [5, 5.41) is 16.2. The van der Waals surface area contributed by atoms with Gasteiger partial charge < -0.3 is 25.2 Å². The summed E-state index contributed by atoms with van der Waals surface area (Å²) < 4.78 is 55.7. The Hall–Kier alpha value is -2.87. The van der Waals surface area contributed by atoms with Crippen molar-refractivity contribution in [3.8, 4) is 11.8 Å². The van der Waals surface area contributed by atoms with E-state index in [4.69, 9.17) is 5.11 Å². The molecule has 3 N–H and O–H groups in total. The first kappa shape index (κ1) is 27.2. The number of hydrogen-bond acceptors (Lipinski definition) is 5. The van der Waals surface area contributed by atoms with Crippen LogP contribution >= 0.6 is 11.8 Å². The predicted octanol–water partition coefficient (Wildman–Crippen LogP) is 5.40. The van der Waals surface area contributed by atoms with Crippen LogP contribution in [0.3, 0.4) is 0 Å². The number of alkyl halides is 3. The van der Waals surface area contributed by atoms with Crippen LogP contribution in [0.4, 0.5) is 28.9 Å². The predicted molar refractivity (Wildman–Crippen MR) is 142 cm³/mol. The monoisotopic (exact) mass is 534 g/mol. The molecule has 0 unspecified atom stereocenters. The number of aliphatic hydroxyl groups excluding tert-OH is 1. The molecule has 10 heteroatoms. The standard InChI is InChI=1S/C27H30F4N4OS/c1-37-21-7-8-25(23(28)17-21)32-11-3-4-20-16-22-24(33-19-9-12-34(13-10-19)14-15-36)5-2-6-26(22)35(20)18-27(29,30)31/h2,5-8,16-17,19,32-33,36H,9-15,18H2,1H3. The highest BCUT2D eigenvalue weighted by Gasteiger charge is 2.30. The molecule has 0 saturated carbocycles. The van der Waals surface area contributed by atoms with Crippen molar-refractivity contribution in [3.63, 3.8) is 0 Å². The Balaban J connectivity index is 1.55.